The van der Waals surface area contributed by atoms with E-state index in [1.165, 1.54) is 11.1 Å². The number of nitrogens with one attached hydrogen (secondary N) is 3. The van der Waals surface area contributed by atoms with Crippen LogP contribution in [0.4, 0.5) is 0 Å². The van der Waals surface area contributed by atoms with Gasteiger partial charge in [0.2, 0.25) is 11.8 Å². The largest absolute Gasteiger partial charge is 0.322 e. The molecule has 156 valence electrons. The summed E-state index contributed by atoms with van der Waals surface area (Å²) in [4.78, 5) is 38.0. The quantitative estimate of drug-likeness (QED) is 0.381. The first-order chi connectivity index (χ1) is 14.5. The Balaban J connectivity index is 1.32. The van der Waals surface area contributed by atoms with Crippen LogP contribution >= 0.6 is 0 Å². The zero-order valence-electron chi connectivity index (χ0n) is 17.0. The molecule has 1 saturated heterocycles. The van der Waals surface area contributed by atoms with Gasteiger partial charge in [-0.05, 0) is 42.5 Å². The molecule has 30 heavy (non-hydrogen) atoms. The number of carbonyl (C=O) groups is 3. The van der Waals surface area contributed by atoms with Crippen molar-refractivity contribution in [2.75, 3.05) is 6.54 Å². The molecule has 0 spiro atoms. The van der Waals surface area contributed by atoms with E-state index in [-0.39, 0.29) is 24.1 Å². The molecule has 2 heterocycles. The molecule has 1 aromatic carbocycles. The SMILES string of the molecule is CC1=CC=CC(CNNCc2ccc3c(c2)C(=O)N(C2CCC(=O)NC2=O)C3)=CC1. The number of benzene rings is 1. The summed E-state index contributed by atoms with van der Waals surface area (Å²) in [6, 6.07) is 5.24. The number of piperidine rings is 1. The van der Waals surface area contributed by atoms with Crippen LogP contribution in [0.15, 0.2) is 53.6 Å². The van der Waals surface area contributed by atoms with Gasteiger partial charge in [-0.3, -0.25) is 30.6 Å². The van der Waals surface area contributed by atoms with Gasteiger partial charge in [0.15, 0.2) is 0 Å². The number of nitrogens with zero attached hydrogens (tertiary/aromatic N) is 1. The molecule has 1 unspecified atom stereocenters. The summed E-state index contributed by atoms with van der Waals surface area (Å²) in [5, 5.41) is 2.33. The van der Waals surface area contributed by atoms with E-state index in [2.05, 4.69) is 47.4 Å². The molecule has 1 fully saturated rings. The number of allylic oxidation sites excluding steroid dienone is 4. The van der Waals surface area contributed by atoms with Gasteiger partial charge in [-0.15, -0.1) is 0 Å². The number of rotatable bonds is 6. The van der Waals surface area contributed by atoms with Crippen molar-refractivity contribution in [2.45, 2.75) is 45.3 Å². The second-order valence-electron chi connectivity index (χ2n) is 7.95. The number of carbonyl (C=O) groups excluding carboxylic acids is 3. The van der Waals surface area contributed by atoms with E-state index in [1.54, 1.807) is 4.90 Å². The van der Waals surface area contributed by atoms with Crippen LogP contribution < -0.4 is 16.2 Å². The highest BCUT2D eigenvalue weighted by Gasteiger charge is 2.39. The maximum Gasteiger partial charge on any atom is 0.255 e. The van der Waals surface area contributed by atoms with E-state index in [0.717, 1.165) is 17.5 Å². The average molecular weight is 406 g/mol. The summed E-state index contributed by atoms with van der Waals surface area (Å²) < 4.78 is 0. The molecule has 4 rings (SSSR count). The maximum atomic E-state index is 12.9. The van der Waals surface area contributed by atoms with Crippen molar-refractivity contribution in [2.24, 2.45) is 0 Å². The van der Waals surface area contributed by atoms with Gasteiger partial charge in [0.05, 0.1) is 0 Å². The van der Waals surface area contributed by atoms with E-state index in [4.69, 9.17) is 0 Å². The summed E-state index contributed by atoms with van der Waals surface area (Å²) in [5.41, 5.74) is 11.5. The van der Waals surface area contributed by atoms with Crippen LogP contribution in [0.3, 0.4) is 0 Å². The topological polar surface area (TPSA) is 90.5 Å². The lowest BCUT2D eigenvalue weighted by atomic mass is 10.0. The minimum Gasteiger partial charge on any atom is -0.322 e. The van der Waals surface area contributed by atoms with E-state index >= 15 is 0 Å². The molecule has 0 aromatic heterocycles. The van der Waals surface area contributed by atoms with Crippen molar-refractivity contribution in [1.82, 2.24) is 21.1 Å². The summed E-state index contributed by atoms with van der Waals surface area (Å²) in [5.74, 6) is -0.806. The number of hydrogen-bond donors (Lipinski definition) is 3. The molecule has 1 aliphatic carbocycles. The first-order valence-electron chi connectivity index (χ1n) is 10.3. The summed E-state index contributed by atoms with van der Waals surface area (Å²) >= 11 is 0. The lowest BCUT2D eigenvalue weighted by Crippen LogP contribution is -2.52. The van der Waals surface area contributed by atoms with Gasteiger partial charge < -0.3 is 4.90 Å². The van der Waals surface area contributed by atoms with Crippen molar-refractivity contribution in [3.8, 4) is 0 Å². The molecule has 3 aliphatic rings. The lowest BCUT2D eigenvalue weighted by molar-refractivity contribution is -0.136. The van der Waals surface area contributed by atoms with Crippen LogP contribution in [0.1, 0.15) is 47.7 Å². The van der Waals surface area contributed by atoms with Gasteiger partial charge in [0, 0.05) is 31.6 Å². The number of hydrazine groups is 1. The van der Waals surface area contributed by atoms with Crippen LogP contribution in [0, 0.1) is 0 Å². The van der Waals surface area contributed by atoms with Crippen molar-refractivity contribution in [3.63, 3.8) is 0 Å². The molecule has 7 nitrogen and oxygen atoms in total. The zero-order valence-corrected chi connectivity index (χ0v) is 17.0. The predicted octanol–water partition coefficient (Wildman–Crippen LogP) is 1.87. The highest BCUT2D eigenvalue weighted by atomic mass is 16.2. The Morgan fingerprint density at radius 1 is 1.17 bits per heavy atom. The molecular weight excluding hydrogens is 380 g/mol. The molecule has 0 radical (unpaired) electrons. The maximum absolute atomic E-state index is 12.9. The summed E-state index contributed by atoms with van der Waals surface area (Å²) in [6.07, 6.45) is 10.1. The highest BCUT2D eigenvalue weighted by molar-refractivity contribution is 6.05. The molecule has 3 N–H and O–H groups in total. The second kappa shape index (κ2) is 8.77. The average Bonchev–Trinajstić information content (AvgIpc) is 2.89. The summed E-state index contributed by atoms with van der Waals surface area (Å²) in [6.45, 7) is 3.81. The molecule has 7 heteroatoms. The minimum absolute atomic E-state index is 0.147. The third-order valence-electron chi connectivity index (χ3n) is 5.68. The third kappa shape index (κ3) is 4.42. The minimum atomic E-state index is -0.579. The Kier molecular flexibility index (Phi) is 5.92. The normalized spacial score (nSPS) is 21.2. The molecular formula is C23H26N4O3. The Morgan fingerprint density at radius 3 is 2.83 bits per heavy atom. The standard InChI is InChI=1S/C23H26N4O3/c1-15-3-2-4-16(6-5-15)12-24-25-13-17-7-8-18-14-27(23(30)19(18)11-17)20-9-10-21(28)26-22(20)29/h2-4,6-8,11,20,24-25H,5,9-10,12-14H2,1H3,(H,26,28,29). The molecule has 2 aliphatic heterocycles. The van der Waals surface area contributed by atoms with E-state index in [0.29, 0.717) is 31.6 Å². The fourth-order valence-electron chi connectivity index (χ4n) is 3.94. The van der Waals surface area contributed by atoms with Crippen molar-refractivity contribution < 1.29 is 14.4 Å². The molecule has 1 aromatic rings. The molecule has 1 atom stereocenters. The number of imide groups is 1. The van der Waals surface area contributed by atoms with Crippen LogP contribution in [0.5, 0.6) is 0 Å². The zero-order chi connectivity index (χ0) is 21.1. The van der Waals surface area contributed by atoms with Crippen LogP contribution in [0.2, 0.25) is 0 Å². The second-order valence-corrected chi connectivity index (χ2v) is 7.95. The van der Waals surface area contributed by atoms with Gasteiger partial charge in [0.1, 0.15) is 6.04 Å². The summed E-state index contributed by atoms with van der Waals surface area (Å²) in [7, 11) is 0. The predicted molar refractivity (Wildman–Crippen MR) is 113 cm³/mol. The van der Waals surface area contributed by atoms with Gasteiger partial charge in [-0.1, -0.05) is 42.0 Å². The van der Waals surface area contributed by atoms with Gasteiger partial charge in [-0.2, -0.15) is 0 Å². The Hall–Kier alpha value is -3.03. The monoisotopic (exact) mass is 406 g/mol. The van der Waals surface area contributed by atoms with Crippen molar-refractivity contribution >= 4 is 17.7 Å². The van der Waals surface area contributed by atoms with Gasteiger partial charge in [-0.25, -0.2) is 0 Å². The van der Waals surface area contributed by atoms with Crippen molar-refractivity contribution in [1.29, 1.82) is 0 Å². The molecule has 0 saturated carbocycles. The fraction of sp³-hybridized carbons (Fsp3) is 0.348. The molecule has 0 bridgehead atoms. The fourth-order valence-corrected chi connectivity index (χ4v) is 3.94. The lowest BCUT2D eigenvalue weighted by Gasteiger charge is -2.29. The van der Waals surface area contributed by atoms with Crippen LogP contribution in [-0.2, 0) is 22.7 Å². The Labute approximate surface area is 175 Å². The van der Waals surface area contributed by atoms with Crippen LogP contribution in [0.25, 0.3) is 0 Å². The Morgan fingerprint density at radius 2 is 2.00 bits per heavy atom. The van der Waals surface area contributed by atoms with E-state index < -0.39 is 6.04 Å². The van der Waals surface area contributed by atoms with E-state index in [1.807, 2.05) is 18.2 Å². The first-order valence-corrected chi connectivity index (χ1v) is 10.3. The van der Waals surface area contributed by atoms with Crippen LogP contribution in [-0.4, -0.2) is 35.2 Å². The first kappa shape index (κ1) is 20.3. The number of fused-ring (bicyclic) bond motifs is 1. The highest BCUT2D eigenvalue weighted by Crippen LogP contribution is 2.28. The smallest absolute Gasteiger partial charge is 0.255 e. The van der Waals surface area contributed by atoms with E-state index in [9.17, 15) is 14.4 Å². The van der Waals surface area contributed by atoms with Crippen molar-refractivity contribution in [3.05, 3.63) is 70.3 Å². The number of amides is 3. The number of hydrogen-bond acceptors (Lipinski definition) is 5. The molecule has 3 amide bonds. The third-order valence-corrected chi connectivity index (χ3v) is 5.68. The van der Waals surface area contributed by atoms with Gasteiger partial charge in [0.25, 0.3) is 5.91 Å². The van der Waals surface area contributed by atoms with Gasteiger partial charge >= 0.3 is 0 Å². The Bertz CT molecular complexity index is 977.